The molecule has 4 nitrogen and oxygen atoms in total. The van der Waals surface area contributed by atoms with Crippen LogP contribution in [0.5, 0.6) is 0 Å². The molecule has 0 atom stereocenters. The lowest BCUT2D eigenvalue weighted by atomic mass is 10.2. The fraction of sp³-hybridized carbons (Fsp3) is 0.571. The van der Waals surface area contributed by atoms with E-state index in [2.05, 4.69) is 42.9 Å². The van der Waals surface area contributed by atoms with Crippen molar-refractivity contribution < 1.29 is 4.79 Å². The summed E-state index contributed by atoms with van der Waals surface area (Å²) in [7, 11) is 0. The van der Waals surface area contributed by atoms with E-state index < -0.39 is 0 Å². The average molecular weight is 284 g/mol. The van der Waals surface area contributed by atoms with E-state index in [0.717, 1.165) is 6.54 Å². The first-order valence-corrected chi connectivity index (χ1v) is 6.95. The normalized spacial score (nSPS) is 11.4. The Labute approximate surface area is 120 Å². The Balaban J connectivity index is 2.47. The van der Waals surface area contributed by atoms with Gasteiger partial charge >= 0.3 is 0 Å². The third-order valence-electron chi connectivity index (χ3n) is 2.94. The second kappa shape index (κ2) is 7.46. The van der Waals surface area contributed by atoms with Gasteiger partial charge in [0.1, 0.15) is 5.69 Å². The van der Waals surface area contributed by atoms with Gasteiger partial charge in [0, 0.05) is 36.4 Å². The Morgan fingerprint density at radius 2 is 2.00 bits per heavy atom. The van der Waals surface area contributed by atoms with E-state index in [9.17, 15) is 4.79 Å². The minimum Gasteiger partial charge on any atom is -0.349 e. The summed E-state index contributed by atoms with van der Waals surface area (Å²) in [5.41, 5.74) is 0.355. The monoisotopic (exact) mass is 283 g/mol. The lowest BCUT2D eigenvalue weighted by Crippen LogP contribution is -2.42. The fourth-order valence-corrected chi connectivity index (χ4v) is 2.19. The van der Waals surface area contributed by atoms with Crippen LogP contribution in [-0.4, -0.2) is 41.0 Å². The summed E-state index contributed by atoms with van der Waals surface area (Å²) in [5, 5.41) is 3.38. The molecule has 106 valence electrons. The van der Waals surface area contributed by atoms with Gasteiger partial charge in [0.15, 0.2) is 0 Å². The molecule has 0 fully saturated rings. The van der Waals surface area contributed by atoms with E-state index in [-0.39, 0.29) is 5.91 Å². The predicted molar refractivity (Wildman–Crippen MR) is 78.6 cm³/mol. The summed E-state index contributed by atoms with van der Waals surface area (Å²) in [6, 6.07) is 4.14. The van der Waals surface area contributed by atoms with Crippen LogP contribution in [0.2, 0.25) is 5.02 Å². The molecular weight excluding hydrogens is 262 g/mol. The number of hydrogen-bond donors (Lipinski definition) is 1. The largest absolute Gasteiger partial charge is 0.349 e. The van der Waals surface area contributed by atoms with Crippen LogP contribution in [0, 0.1) is 0 Å². The quantitative estimate of drug-likeness (QED) is 0.873. The molecule has 0 aliphatic rings. The number of hydrogen-bond acceptors (Lipinski definition) is 3. The molecule has 0 bridgehead atoms. The number of carbonyl (C=O) groups excluding carboxylic acids is 1. The third-order valence-corrected chi connectivity index (χ3v) is 3.17. The molecule has 1 aromatic rings. The first kappa shape index (κ1) is 15.9. The van der Waals surface area contributed by atoms with Crippen molar-refractivity contribution in [1.29, 1.82) is 0 Å². The van der Waals surface area contributed by atoms with Gasteiger partial charge in [0.25, 0.3) is 5.91 Å². The van der Waals surface area contributed by atoms with E-state index in [1.807, 2.05) is 0 Å². The Bertz CT molecular complexity index is 413. The zero-order valence-corrected chi connectivity index (χ0v) is 12.7. The van der Waals surface area contributed by atoms with Gasteiger partial charge < -0.3 is 5.32 Å². The van der Waals surface area contributed by atoms with Crippen molar-refractivity contribution in [3.05, 3.63) is 29.0 Å². The highest BCUT2D eigenvalue weighted by Gasteiger charge is 2.13. The second-order valence-electron chi connectivity index (χ2n) is 5.04. The number of nitrogens with one attached hydrogen (secondary N) is 1. The van der Waals surface area contributed by atoms with Crippen LogP contribution in [0.25, 0.3) is 0 Å². The lowest BCUT2D eigenvalue weighted by Gasteiger charge is -2.30. The van der Waals surface area contributed by atoms with Crippen molar-refractivity contribution in [3.63, 3.8) is 0 Å². The van der Waals surface area contributed by atoms with Crippen molar-refractivity contribution in [3.8, 4) is 0 Å². The first-order valence-electron chi connectivity index (χ1n) is 6.57. The summed E-state index contributed by atoms with van der Waals surface area (Å²) in [6.07, 6.45) is 1.53. The van der Waals surface area contributed by atoms with E-state index in [1.54, 1.807) is 12.1 Å². The Hall–Kier alpha value is -1.13. The smallest absolute Gasteiger partial charge is 0.269 e. The summed E-state index contributed by atoms with van der Waals surface area (Å²) in [6.45, 7) is 10.0. The maximum absolute atomic E-state index is 11.9. The van der Waals surface area contributed by atoms with E-state index >= 15 is 0 Å². The molecule has 0 saturated carbocycles. The van der Waals surface area contributed by atoms with Crippen LogP contribution >= 0.6 is 11.6 Å². The van der Waals surface area contributed by atoms with E-state index in [0.29, 0.717) is 29.3 Å². The second-order valence-corrected chi connectivity index (χ2v) is 5.48. The number of amides is 1. The highest BCUT2D eigenvalue weighted by atomic mass is 35.5. The maximum Gasteiger partial charge on any atom is 0.269 e. The minimum atomic E-state index is -0.185. The van der Waals surface area contributed by atoms with Crippen molar-refractivity contribution in [2.75, 3.05) is 13.1 Å². The van der Waals surface area contributed by atoms with Gasteiger partial charge in [0.2, 0.25) is 0 Å². The zero-order valence-electron chi connectivity index (χ0n) is 12.0. The molecule has 0 spiro atoms. The summed E-state index contributed by atoms with van der Waals surface area (Å²) in [4.78, 5) is 18.2. The third kappa shape index (κ3) is 5.17. The van der Waals surface area contributed by atoms with Crippen molar-refractivity contribution >= 4 is 17.5 Å². The summed E-state index contributed by atoms with van der Waals surface area (Å²) >= 11 is 5.83. The molecule has 0 aliphatic carbocycles. The van der Waals surface area contributed by atoms with Crippen LogP contribution in [0.1, 0.15) is 38.2 Å². The molecule has 1 heterocycles. The van der Waals surface area contributed by atoms with Crippen LogP contribution in [-0.2, 0) is 0 Å². The van der Waals surface area contributed by atoms with Crippen LogP contribution in [0.4, 0.5) is 0 Å². The maximum atomic E-state index is 11.9. The van der Waals surface area contributed by atoms with Gasteiger partial charge in [-0.15, -0.1) is 0 Å². The standard InChI is InChI=1S/C14H22ClN3O/c1-10(2)18(11(3)4)8-7-17-14(19)13-9-12(15)5-6-16-13/h5-6,9-11H,7-8H2,1-4H3,(H,17,19). The number of carbonyl (C=O) groups is 1. The molecule has 1 aromatic heterocycles. The van der Waals surface area contributed by atoms with Gasteiger partial charge in [-0.1, -0.05) is 11.6 Å². The Morgan fingerprint density at radius 1 is 1.37 bits per heavy atom. The van der Waals surface area contributed by atoms with Crippen molar-refractivity contribution in [2.24, 2.45) is 0 Å². The molecular formula is C14H22ClN3O. The predicted octanol–water partition coefficient (Wildman–Crippen LogP) is 2.58. The van der Waals surface area contributed by atoms with Gasteiger partial charge in [-0.25, -0.2) is 0 Å². The molecule has 1 rings (SSSR count). The molecule has 0 aromatic carbocycles. The lowest BCUT2D eigenvalue weighted by molar-refractivity contribution is 0.0934. The van der Waals surface area contributed by atoms with E-state index in [4.69, 9.17) is 11.6 Å². The summed E-state index contributed by atoms with van der Waals surface area (Å²) in [5.74, 6) is -0.185. The Morgan fingerprint density at radius 3 is 2.53 bits per heavy atom. The fourth-order valence-electron chi connectivity index (χ4n) is 2.03. The zero-order chi connectivity index (χ0) is 14.4. The number of nitrogens with zero attached hydrogens (tertiary/aromatic N) is 2. The molecule has 0 aliphatic heterocycles. The number of aromatic nitrogens is 1. The molecule has 0 saturated heterocycles. The minimum absolute atomic E-state index is 0.185. The van der Waals surface area contributed by atoms with E-state index in [1.165, 1.54) is 6.20 Å². The highest BCUT2D eigenvalue weighted by molar-refractivity contribution is 6.30. The molecule has 5 heteroatoms. The van der Waals surface area contributed by atoms with Crippen LogP contribution in [0.15, 0.2) is 18.3 Å². The molecule has 0 unspecified atom stereocenters. The highest BCUT2D eigenvalue weighted by Crippen LogP contribution is 2.08. The molecule has 19 heavy (non-hydrogen) atoms. The number of halogens is 1. The first-order chi connectivity index (χ1) is 8.91. The molecule has 0 radical (unpaired) electrons. The van der Waals surface area contributed by atoms with Crippen molar-refractivity contribution in [1.82, 2.24) is 15.2 Å². The van der Waals surface area contributed by atoms with Crippen LogP contribution < -0.4 is 5.32 Å². The summed E-state index contributed by atoms with van der Waals surface area (Å²) < 4.78 is 0. The van der Waals surface area contributed by atoms with Crippen molar-refractivity contribution in [2.45, 2.75) is 39.8 Å². The SMILES string of the molecule is CC(C)N(CCNC(=O)c1cc(Cl)ccn1)C(C)C. The number of pyridine rings is 1. The van der Waals surface area contributed by atoms with Gasteiger partial charge in [-0.05, 0) is 39.8 Å². The van der Waals surface area contributed by atoms with Gasteiger partial charge in [-0.3, -0.25) is 14.7 Å². The van der Waals surface area contributed by atoms with Gasteiger partial charge in [-0.2, -0.15) is 0 Å². The number of rotatable bonds is 6. The molecule has 1 amide bonds. The average Bonchev–Trinajstić information content (AvgIpc) is 2.33. The Kier molecular flexibility index (Phi) is 6.25. The topological polar surface area (TPSA) is 45.2 Å². The molecule has 1 N–H and O–H groups in total. The van der Waals surface area contributed by atoms with Crippen LogP contribution in [0.3, 0.4) is 0 Å². The van der Waals surface area contributed by atoms with Gasteiger partial charge in [0.05, 0.1) is 0 Å².